The molecule has 0 bridgehead atoms. The van der Waals surface area contributed by atoms with Crippen LogP contribution >= 0.6 is 0 Å². The van der Waals surface area contributed by atoms with E-state index in [9.17, 15) is 14.7 Å². The first-order valence-electron chi connectivity index (χ1n) is 8.84. The summed E-state index contributed by atoms with van der Waals surface area (Å²) in [6.07, 6.45) is 1.23. The molecule has 2 aromatic carbocycles. The van der Waals surface area contributed by atoms with Crippen molar-refractivity contribution in [3.05, 3.63) is 82.6 Å². The van der Waals surface area contributed by atoms with E-state index in [4.69, 9.17) is 23.0 Å². The molecule has 8 nitrogen and oxygen atoms in total. The number of hydrogen-bond donors (Lipinski definition) is 0. The SMILES string of the molecule is COc1ccc(Oc2coc3cc(OCc4ccc(C(=O)[O-])o4)ccc3c2=O)cc1. The third-order valence-corrected chi connectivity index (χ3v) is 4.25. The second-order valence-electron chi connectivity index (χ2n) is 6.21. The number of carbonyl (C=O) groups excluding carboxylic acids is 1. The first kappa shape index (κ1) is 19.1. The molecule has 0 atom stereocenters. The molecule has 0 saturated carbocycles. The monoisotopic (exact) mass is 407 g/mol. The highest BCUT2D eigenvalue weighted by molar-refractivity contribution is 5.82. The van der Waals surface area contributed by atoms with Gasteiger partial charge in [-0.1, -0.05) is 0 Å². The summed E-state index contributed by atoms with van der Waals surface area (Å²) >= 11 is 0. The molecule has 0 fully saturated rings. The van der Waals surface area contributed by atoms with Crippen molar-refractivity contribution in [2.45, 2.75) is 6.61 Å². The highest BCUT2D eigenvalue weighted by Crippen LogP contribution is 2.25. The number of hydrogen-bond acceptors (Lipinski definition) is 8. The van der Waals surface area contributed by atoms with Crippen molar-refractivity contribution < 1.29 is 32.9 Å². The number of rotatable bonds is 7. The van der Waals surface area contributed by atoms with Gasteiger partial charge in [0.1, 0.15) is 53.2 Å². The van der Waals surface area contributed by atoms with Gasteiger partial charge >= 0.3 is 0 Å². The zero-order valence-corrected chi connectivity index (χ0v) is 15.7. The van der Waals surface area contributed by atoms with Crippen molar-refractivity contribution in [3.63, 3.8) is 0 Å². The summed E-state index contributed by atoms with van der Waals surface area (Å²) in [5, 5.41) is 11.1. The van der Waals surface area contributed by atoms with Crippen LogP contribution in [0.1, 0.15) is 16.3 Å². The fraction of sp³-hybridized carbons (Fsp3) is 0.0909. The van der Waals surface area contributed by atoms with Crippen molar-refractivity contribution in [1.82, 2.24) is 0 Å². The number of furan rings is 1. The molecule has 0 N–H and O–H groups in total. The summed E-state index contributed by atoms with van der Waals surface area (Å²) in [4.78, 5) is 23.4. The number of carbonyl (C=O) groups is 1. The van der Waals surface area contributed by atoms with E-state index in [1.54, 1.807) is 49.6 Å². The molecule has 152 valence electrons. The number of methoxy groups -OCH3 is 1. The minimum atomic E-state index is -1.40. The quantitative estimate of drug-likeness (QED) is 0.459. The molecular weight excluding hydrogens is 392 g/mol. The number of carboxylic acids is 1. The average Bonchev–Trinajstić information content (AvgIpc) is 3.24. The zero-order chi connectivity index (χ0) is 21.1. The van der Waals surface area contributed by atoms with Gasteiger partial charge in [-0.05, 0) is 48.5 Å². The summed E-state index contributed by atoms with van der Waals surface area (Å²) in [6, 6.07) is 14.3. The van der Waals surface area contributed by atoms with Gasteiger partial charge in [-0.25, -0.2) is 0 Å². The van der Waals surface area contributed by atoms with Gasteiger partial charge in [-0.2, -0.15) is 0 Å². The molecule has 30 heavy (non-hydrogen) atoms. The van der Waals surface area contributed by atoms with Crippen molar-refractivity contribution in [2.75, 3.05) is 7.11 Å². The summed E-state index contributed by atoms with van der Waals surface area (Å²) in [5.41, 5.74) is -0.0160. The molecular formula is C22H15O8-. The second kappa shape index (κ2) is 8.04. The van der Waals surface area contributed by atoms with Crippen LogP contribution in [0.3, 0.4) is 0 Å². The van der Waals surface area contributed by atoms with Crippen LogP contribution in [0.15, 0.2) is 74.5 Å². The molecule has 2 aromatic heterocycles. The van der Waals surface area contributed by atoms with Crippen molar-refractivity contribution >= 4 is 16.9 Å². The Hall–Kier alpha value is -4.20. The summed E-state index contributed by atoms with van der Waals surface area (Å²) < 4.78 is 26.9. The third-order valence-electron chi connectivity index (χ3n) is 4.25. The minimum Gasteiger partial charge on any atom is -0.542 e. The second-order valence-corrected chi connectivity index (χ2v) is 6.21. The molecule has 2 heterocycles. The molecule has 4 rings (SSSR count). The molecule has 0 unspecified atom stereocenters. The van der Waals surface area contributed by atoms with Gasteiger partial charge < -0.3 is 32.9 Å². The van der Waals surface area contributed by atoms with E-state index in [-0.39, 0.29) is 23.5 Å². The van der Waals surface area contributed by atoms with Crippen molar-refractivity contribution in [3.8, 4) is 23.0 Å². The zero-order valence-electron chi connectivity index (χ0n) is 15.7. The normalized spacial score (nSPS) is 10.7. The van der Waals surface area contributed by atoms with E-state index in [1.807, 2.05) is 0 Å². The van der Waals surface area contributed by atoms with E-state index in [1.165, 1.54) is 18.4 Å². The maximum absolute atomic E-state index is 12.7. The van der Waals surface area contributed by atoms with Gasteiger partial charge in [0.25, 0.3) is 0 Å². The largest absolute Gasteiger partial charge is 0.542 e. The third kappa shape index (κ3) is 3.97. The summed E-state index contributed by atoms with van der Waals surface area (Å²) in [5.74, 6) is 0.248. The average molecular weight is 407 g/mol. The first-order chi connectivity index (χ1) is 14.5. The van der Waals surface area contributed by atoms with E-state index in [2.05, 4.69) is 0 Å². The van der Waals surface area contributed by atoms with Crippen LogP contribution in [0.5, 0.6) is 23.0 Å². The Bertz CT molecular complexity index is 1250. The Morgan fingerprint density at radius 2 is 1.73 bits per heavy atom. The van der Waals surface area contributed by atoms with E-state index >= 15 is 0 Å². The van der Waals surface area contributed by atoms with E-state index in [0.717, 1.165) is 0 Å². The Kier molecular flexibility index (Phi) is 5.13. The maximum Gasteiger partial charge on any atom is 0.235 e. The van der Waals surface area contributed by atoms with E-state index < -0.39 is 5.97 Å². The lowest BCUT2D eigenvalue weighted by Gasteiger charge is -2.08. The van der Waals surface area contributed by atoms with Crippen LogP contribution in [0.4, 0.5) is 0 Å². The minimum absolute atomic E-state index is 0.00167. The Morgan fingerprint density at radius 3 is 2.43 bits per heavy atom. The van der Waals surface area contributed by atoms with Gasteiger partial charge in [0, 0.05) is 6.07 Å². The predicted molar refractivity (Wildman–Crippen MR) is 103 cm³/mol. The predicted octanol–water partition coefficient (Wildman–Crippen LogP) is 3.13. The topological polar surface area (TPSA) is 111 Å². The number of aromatic carboxylic acids is 1. The molecule has 0 spiro atoms. The van der Waals surface area contributed by atoms with E-state index in [0.29, 0.717) is 34.0 Å². The molecule has 8 heteroatoms. The smallest absolute Gasteiger partial charge is 0.235 e. The van der Waals surface area contributed by atoms with Gasteiger partial charge in [0.15, 0.2) is 0 Å². The lowest BCUT2D eigenvalue weighted by molar-refractivity contribution is -0.257. The lowest BCUT2D eigenvalue weighted by atomic mass is 10.2. The first-order valence-corrected chi connectivity index (χ1v) is 8.84. The Morgan fingerprint density at radius 1 is 1.00 bits per heavy atom. The molecule has 0 radical (unpaired) electrons. The van der Waals surface area contributed by atoms with Crippen LogP contribution in [-0.4, -0.2) is 13.1 Å². The van der Waals surface area contributed by atoms with Crippen LogP contribution in [-0.2, 0) is 6.61 Å². The van der Waals surface area contributed by atoms with Gasteiger partial charge in [-0.3, -0.25) is 4.79 Å². The van der Waals surface area contributed by atoms with Crippen LogP contribution in [0.25, 0.3) is 11.0 Å². The number of benzene rings is 2. The van der Waals surface area contributed by atoms with Crippen LogP contribution in [0, 0.1) is 0 Å². The fourth-order valence-corrected chi connectivity index (χ4v) is 2.74. The number of ether oxygens (including phenoxy) is 3. The Labute approximate surface area is 169 Å². The molecule has 0 amide bonds. The highest BCUT2D eigenvalue weighted by atomic mass is 16.5. The van der Waals surface area contributed by atoms with Crippen molar-refractivity contribution in [1.29, 1.82) is 0 Å². The maximum atomic E-state index is 12.7. The summed E-state index contributed by atoms with van der Waals surface area (Å²) in [6.45, 7) is 0.00167. The van der Waals surface area contributed by atoms with Gasteiger partial charge in [0.05, 0.1) is 12.5 Å². The van der Waals surface area contributed by atoms with Crippen molar-refractivity contribution in [2.24, 2.45) is 0 Å². The Balaban J connectivity index is 1.51. The molecule has 0 aliphatic carbocycles. The lowest BCUT2D eigenvalue weighted by Crippen LogP contribution is -2.21. The fourth-order valence-electron chi connectivity index (χ4n) is 2.74. The highest BCUT2D eigenvalue weighted by Gasteiger charge is 2.11. The van der Waals surface area contributed by atoms with Crippen LogP contribution in [0.2, 0.25) is 0 Å². The number of fused-ring (bicyclic) bond motifs is 1. The van der Waals surface area contributed by atoms with Gasteiger partial charge in [0.2, 0.25) is 11.2 Å². The number of carboxylic acid groups (broad SMARTS) is 1. The molecule has 0 saturated heterocycles. The standard InChI is InChI=1S/C22H16O8/c1-26-13-2-4-14(5-3-13)29-20-12-28-19-10-15(6-8-17(19)21(20)23)27-11-16-7-9-18(30-16)22(24)25/h2-10,12H,11H2,1H3,(H,24,25)/p-1. The molecule has 0 aliphatic rings. The van der Waals surface area contributed by atoms with Gasteiger partial charge in [-0.15, -0.1) is 0 Å². The molecule has 0 aliphatic heterocycles. The summed E-state index contributed by atoms with van der Waals surface area (Å²) in [7, 11) is 1.56. The molecule has 4 aromatic rings. The van der Waals surface area contributed by atoms with Crippen LogP contribution < -0.4 is 24.7 Å².